The second-order valence-electron chi connectivity index (χ2n) is 8.16. The molecular weight excluding hydrogens is 402 g/mol. The van der Waals surface area contributed by atoms with Gasteiger partial charge >= 0.3 is 5.97 Å². The molecule has 0 radical (unpaired) electrons. The van der Waals surface area contributed by atoms with Crippen LogP contribution in [-0.2, 0) is 16.2 Å². The number of carbonyl (C=O) groups excluding carboxylic acids is 1. The van der Waals surface area contributed by atoms with Gasteiger partial charge in [-0.15, -0.1) is 0 Å². The van der Waals surface area contributed by atoms with Crippen LogP contribution >= 0.6 is 0 Å². The molecule has 0 saturated heterocycles. The van der Waals surface area contributed by atoms with Gasteiger partial charge in [0.15, 0.2) is 0 Å². The van der Waals surface area contributed by atoms with E-state index >= 15 is 0 Å². The van der Waals surface area contributed by atoms with Crippen LogP contribution in [0, 0.1) is 0 Å². The van der Waals surface area contributed by atoms with Crippen LogP contribution in [0.5, 0.6) is 0 Å². The molecule has 0 saturated carbocycles. The lowest BCUT2D eigenvalue weighted by Gasteiger charge is -2.17. The fraction of sp³-hybridized carbons (Fsp3) is 0.400. The lowest BCUT2D eigenvalue weighted by molar-refractivity contribution is 0.0526. The Balaban J connectivity index is 2.02. The molecule has 160 valence electrons. The lowest BCUT2D eigenvalue weighted by Crippen LogP contribution is -2.28. The van der Waals surface area contributed by atoms with E-state index in [0.29, 0.717) is 23.2 Å². The molecule has 30 heavy (non-hydrogen) atoms. The predicted octanol–water partition coefficient (Wildman–Crippen LogP) is 2.65. The molecule has 0 spiro atoms. The van der Waals surface area contributed by atoms with Gasteiger partial charge in [-0.05, 0) is 31.2 Å². The van der Waals surface area contributed by atoms with Crippen molar-refractivity contribution in [3.05, 3.63) is 46.5 Å². The highest BCUT2D eigenvalue weighted by Gasteiger charge is 2.17. The molecule has 0 bridgehead atoms. The van der Waals surface area contributed by atoms with Crippen LogP contribution in [-0.4, -0.2) is 46.6 Å². The highest BCUT2D eigenvalue weighted by Crippen LogP contribution is 2.16. The van der Waals surface area contributed by atoms with Crippen molar-refractivity contribution < 1.29 is 14.3 Å². The Morgan fingerprint density at radius 2 is 2.03 bits per heavy atom. The molecule has 10 heteroatoms. The SMILES string of the molecule is CCOC(=O)c1cnn(-c2nc3ccc(N)cc3c(=O)n2COCC[Si](C)(C)C)c1. The van der Waals surface area contributed by atoms with Crippen LogP contribution in [0.2, 0.25) is 25.7 Å². The molecule has 0 aliphatic carbocycles. The van der Waals surface area contributed by atoms with Gasteiger partial charge in [0.25, 0.3) is 5.56 Å². The smallest absolute Gasteiger partial charge is 0.341 e. The third-order valence-electron chi connectivity index (χ3n) is 4.47. The summed E-state index contributed by atoms with van der Waals surface area (Å²) in [5.74, 6) is -0.238. The van der Waals surface area contributed by atoms with Crippen LogP contribution < -0.4 is 11.3 Å². The average molecular weight is 430 g/mol. The number of ether oxygens (including phenoxy) is 2. The minimum atomic E-state index is -1.27. The van der Waals surface area contributed by atoms with Gasteiger partial charge in [-0.25, -0.2) is 14.5 Å². The number of fused-ring (bicyclic) bond motifs is 1. The van der Waals surface area contributed by atoms with Gasteiger partial charge in [-0.2, -0.15) is 5.10 Å². The van der Waals surface area contributed by atoms with Gasteiger partial charge in [-0.1, -0.05) is 19.6 Å². The van der Waals surface area contributed by atoms with Crippen LogP contribution in [0.15, 0.2) is 35.4 Å². The summed E-state index contributed by atoms with van der Waals surface area (Å²) in [5, 5.41) is 4.60. The van der Waals surface area contributed by atoms with Crippen LogP contribution in [0.3, 0.4) is 0 Å². The van der Waals surface area contributed by atoms with Gasteiger partial charge in [0, 0.05) is 26.6 Å². The van der Waals surface area contributed by atoms with Crippen LogP contribution in [0.25, 0.3) is 16.9 Å². The minimum Gasteiger partial charge on any atom is -0.462 e. The number of anilines is 1. The van der Waals surface area contributed by atoms with Gasteiger partial charge in [0.2, 0.25) is 5.95 Å². The number of nitrogens with two attached hydrogens (primary N) is 1. The first-order valence-corrected chi connectivity index (χ1v) is 13.5. The normalized spacial score (nSPS) is 11.7. The number of nitrogen functional groups attached to an aromatic ring is 1. The molecule has 0 fully saturated rings. The first kappa shape index (κ1) is 21.7. The zero-order valence-electron chi connectivity index (χ0n) is 17.7. The topological polar surface area (TPSA) is 114 Å². The largest absolute Gasteiger partial charge is 0.462 e. The van der Waals surface area contributed by atoms with E-state index in [9.17, 15) is 9.59 Å². The van der Waals surface area contributed by atoms with E-state index in [0.717, 1.165) is 6.04 Å². The number of hydrogen-bond donors (Lipinski definition) is 1. The van der Waals surface area contributed by atoms with E-state index in [2.05, 4.69) is 29.7 Å². The summed E-state index contributed by atoms with van der Waals surface area (Å²) in [7, 11) is -1.27. The molecule has 2 heterocycles. The summed E-state index contributed by atoms with van der Waals surface area (Å²) in [6, 6.07) is 5.93. The fourth-order valence-electron chi connectivity index (χ4n) is 2.80. The zero-order valence-corrected chi connectivity index (χ0v) is 18.7. The standard InChI is InChI=1S/C20H27N5O4Si/c1-5-29-19(27)14-11-22-25(12-14)20-23-17-7-6-15(21)10-16(17)18(26)24(20)13-28-8-9-30(2,3)4/h6-7,10-12H,5,8-9,13,21H2,1-4H3. The maximum atomic E-state index is 13.2. The van der Waals surface area contributed by atoms with Crippen molar-refractivity contribution in [3.63, 3.8) is 0 Å². The van der Waals surface area contributed by atoms with E-state index in [4.69, 9.17) is 15.2 Å². The molecule has 0 amide bonds. The summed E-state index contributed by atoms with van der Waals surface area (Å²) >= 11 is 0. The summed E-state index contributed by atoms with van der Waals surface area (Å²) < 4.78 is 13.6. The maximum Gasteiger partial charge on any atom is 0.341 e. The Bertz CT molecular complexity index is 1120. The Labute approximate surface area is 175 Å². The molecule has 3 aromatic rings. The molecular formula is C20H27N5O4Si. The zero-order chi connectivity index (χ0) is 21.9. The van der Waals surface area contributed by atoms with Crippen LogP contribution in [0.1, 0.15) is 17.3 Å². The Morgan fingerprint density at radius 3 is 2.73 bits per heavy atom. The Kier molecular flexibility index (Phi) is 6.37. The predicted molar refractivity (Wildman–Crippen MR) is 118 cm³/mol. The maximum absolute atomic E-state index is 13.2. The first-order valence-electron chi connectivity index (χ1n) is 9.79. The number of carbonyl (C=O) groups is 1. The molecule has 9 nitrogen and oxygen atoms in total. The van der Waals surface area contributed by atoms with Crippen molar-refractivity contribution >= 4 is 30.6 Å². The van der Waals surface area contributed by atoms with Crippen molar-refractivity contribution in [1.29, 1.82) is 0 Å². The Hall–Kier alpha value is -2.98. The molecule has 0 unspecified atom stereocenters. The summed E-state index contributed by atoms with van der Waals surface area (Å²) in [5.41, 5.74) is 6.80. The lowest BCUT2D eigenvalue weighted by atomic mass is 10.2. The molecule has 0 aliphatic rings. The summed E-state index contributed by atoms with van der Waals surface area (Å²) in [4.78, 5) is 29.7. The molecule has 0 aliphatic heterocycles. The minimum absolute atomic E-state index is 0.0188. The highest BCUT2D eigenvalue weighted by molar-refractivity contribution is 6.76. The number of esters is 1. The second-order valence-corrected chi connectivity index (χ2v) is 13.8. The third-order valence-corrected chi connectivity index (χ3v) is 6.18. The van der Waals surface area contributed by atoms with Crippen molar-refractivity contribution in [1.82, 2.24) is 19.3 Å². The van der Waals surface area contributed by atoms with E-state index < -0.39 is 14.0 Å². The van der Waals surface area contributed by atoms with Gasteiger partial charge in [-0.3, -0.25) is 9.36 Å². The molecule has 2 N–H and O–H groups in total. The van der Waals surface area contributed by atoms with Crippen molar-refractivity contribution in [2.45, 2.75) is 39.3 Å². The van der Waals surface area contributed by atoms with Crippen LogP contribution in [0.4, 0.5) is 5.69 Å². The van der Waals surface area contributed by atoms with E-state index in [-0.39, 0.29) is 30.4 Å². The average Bonchev–Trinajstić information content (AvgIpc) is 3.16. The quantitative estimate of drug-likeness (QED) is 0.253. The monoisotopic (exact) mass is 429 g/mol. The van der Waals surface area contributed by atoms with E-state index in [1.54, 1.807) is 25.1 Å². The first-order chi connectivity index (χ1) is 14.2. The highest BCUT2D eigenvalue weighted by atomic mass is 28.3. The molecule has 3 rings (SSSR count). The summed E-state index contributed by atoms with van der Waals surface area (Å²) in [6.45, 7) is 9.33. The molecule has 2 aromatic heterocycles. The van der Waals surface area contributed by atoms with Crippen molar-refractivity contribution in [2.75, 3.05) is 18.9 Å². The summed E-state index contributed by atoms with van der Waals surface area (Å²) in [6.07, 6.45) is 2.87. The Morgan fingerprint density at radius 1 is 1.27 bits per heavy atom. The van der Waals surface area contributed by atoms with E-state index in [1.165, 1.54) is 21.6 Å². The van der Waals surface area contributed by atoms with Gasteiger partial charge < -0.3 is 15.2 Å². The van der Waals surface area contributed by atoms with Crippen molar-refractivity contribution in [2.24, 2.45) is 0 Å². The number of benzene rings is 1. The molecule has 0 atom stereocenters. The number of nitrogens with zero attached hydrogens (tertiary/aromatic N) is 4. The van der Waals surface area contributed by atoms with Gasteiger partial charge in [0.05, 0.1) is 29.3 Å². The molecule has 1 aromatic carbocycles. The number of aromatic nitrogens is 4. The van der Waals surface area contributed by atoms with E-state index in [1.807, 2.05) is 0 Å². The second kappa shape index (κ2) is 8.80. The number of hydrogen-bond acceptors (Lipinski definition) is 7. The third kappa shape index (κ3) is 4.95. The number of rotatable bonds is 8. The van der Waals surface area contributed by atoms with Gasteiger partial charge in [0.1, 0.15) is 6.73 Å². The van der Waals surface area contributed by atoms with Crippen molar-refractivity contribution in [3.8, 4) is 5.95 Å². The fourth-order valence-corrected chi connectivity index (χ4v) is 3.56.